The van der Waals surface area contributed by atoms with E-state index in [-0.39, 0.29) is 5.41 Å². The van der Waals surface area contributed by atoms with Gasteiger partial charge in [-0.2, -0.15) is 0 Å². The highest BCUT2D eigenvalue weighted by atomic mass is 32.2. The topological polar surface area (TPSA) is 25.8 Å². The molecule has 1 aliphatic heterocycles. The molecule has 7 aromatic carbocycles. The highest BCUT2D eigenvalue weighted by Gasteiger charge is 2.36. The van der Waals surface area contributed by atoms with Crippen molar-refractivity contribution in [3.63, 3.8) is 0 Å². The van der Waals surface area contributed by atoms with Crippen LogP contribution < -0.4 is 0 Å². The monoisotopic (exact) mass is 682 g/mol. The van der Waals surface area contributed by atoms with Crippen molar-refractivity contribution in [1.29, 1.82) is 0 Å². The summed E-state index contributed by atoms with van der Waals surface area (Å²) in [6, 6.07) is 46.9. The number of nitrogens with zero attached hydrogens (tertiary/aromatic N) is 2. The van der Waals surface area contributed by atoms with Crippen LogP contribution >= 0.6 is 11.8 Å². The molecule has 246 valence electrons. The van der Waals surface area contributed by atoms with Gasteiger partial charge in [0, 0.05) is 31.9 Å². The summed E-state index contributed by atoms with van der Waals surface area (Å²) in [5, 5.41) is 5.24. The largest absolute Gasteiger partial charge is 0.252 e. The lowest BCUT2D eigenvalue weighted by Gasteiger charge is -2.22. The second-order valence-electron chi connectivity index (χ2n) is 14.8. The molecule has 3 heteroatoms. The molecule has 11 rings (SSSR count). The quantitative estimate of drug-likeness (QED) is 0.174. The van der Waals surface area contributed by atoms with E-state index in [0.29, 0.717) is 5.25 Å². The fourth-order valence-corrected chi connectivity index (χ4v) is 10.4. The first kappa shape index (κ1) is 29.9. The standard InChI is InChI=1S/C49H34N2S/c1-49(2)42-26-31(29-18-20-30(21-19-29)33-15-9-16-41-38-12-7-8-17-45(38)52-48(33)41)22-24-36(42)37-25-23-32(27-43(37)49)44-28-50-46-39-13-5-3-10-34(39)35-11-4-6-14-40(35)47(46)51-44/h3-16,18-28,45H,17H2,1-2H3. The molecule has 2 aliphatic carbocycles. The first-order valence-electron chi connectivity index (χ1n) is 18.2. The van der Waals surface area contributed by atoms with Crippen LogP contribution in [0.3, 0.4) is 0 Å². The average molecular weight is 683 g/mol. The number of rotatable bonds is 3. The predicted molar refractivity (Wildman–Crippen MR) is 220 cm³/mol. The van der Waals surface area contributed by atoms with Gasteiger partial charge in [-0.1, -0.05) is 147 Å². The highest BCUT2D eigenvalue weighted by Crippen LogP contribution is 2.53. The Morgan fingerprint density at radius 1 is 0.577 bits per heavy atom. The van der Waals surface area contributed by atoms with Crippen LogP contribution in [0.15, 0.2) is 157 Å². The Labute approximate surface area is 307 Å². The van der Waals surface area contributed by atoms with Gasteiger partial charge in [0.05, 0.1) is 22.9 Å². The van der Waals surface area contributed by atoms with Crippen LogP contribution in [0, 0.1) is 0 Å². The van der Waals surface area contributed by atoms with Crippen molar-refractivity contribution < 1.29 is 0 Å². The maximum Gasteiger partial charge on any atom is 0.0979 e. The van der Waals surface area contributed by atoms with Crippen LogP contribution in [0.5, 0.6) is 0 Å². The fraction of sp³-hybridized carbons (Fsp3) is 0.102. The van der Waals surface area contributed by atoms with Crippen molar-refractivity contribution in [1.82, 2.24) is 9.97 Å². The molecule has 0 saturated carbocycles. The summed E-state index contributed by atoms with van der Waals surface area (Å²) in [6.45, 7) is 4.71. The molecule has 0 amide bonds. The van der Waals surface area contributed by atoms with Gasteiger partial charge in [-0.05, 0) is 85.0 Å². The Kier molecular flexibility index (Phi) is 6.39. The molecule has 0 saturated heterocycles. The predicted octanol–water partition coefficient (Wildman–Crippen LogP) is 13.1. The molecule has 0 bridgehead atoms. The number of hydrogen-bond acceptors (Lipinski definition) is 3. The lowest BCUT2D eigenvalue weighted by atomic mass is 9.81. The summed E-state index contributed by atoms with van der Waals surface area (Å²) in [5.74, 6) is 0. The molecule has 1 unspecified atom stereocenters. The third-order valence-corrected chi connectivity index (χ3v) is 13.0. The zero-order chi connectivity index (χ0) is 34.6. The number of benzene rings is 7. The van der Waals surface area contributed by atoms with Gasteiger partial charge in [-0.25, -0.2) is 4.98 Å². The Balaban J connectivity index is 0.941. The second kappa shape index (κ2) is 11.1. The number of fused-ring (bicyclic) bond motifs is 12. The molecule has 1 atom stereocenters. The molecule has 2 heterocycles. The molecule has 52 heavy (non-hydrogen) atoms. The molecular formula is C49H34N2S. The molecule has 3 aliphatic rings. The van der Waals surface area contributed by atoms with E-state index < -0.39 is 0 Å². The van der Waals surface area contributed by atoms with Crippen LogP contribution in [0.25, 0.3) is 82.8 Å². The van der Waals surface area contributed by atoms with E-state index in [2.05, 4.69) is 159 Å². The minimum Gasteiger partial charge on any atom is -0.252 e. The van der Waals surface area contributed by atoms with Crippen LogP contribution in [0.1, 0.15) is 37.0 Å². The molecule has 2 nitrogen and oxygen atoms in total. The van der Waals surface area contributed by atoms with Crippen molar-refractivity contribution in [2.75, 3.05) is 0 Å². The van der Waals surface area contributed by atoms with Crippen molar-refractivity contribution in [2.45, 2.75) is 35.8 Å². The lowest BCUT2D eigenvalue weighted by molar-refractivity contribution is 0.661. The Hall–Kier alpha value is -5.77. The van der Waals surface area contributed by atoms with Gasteiger partial charge in [0.25, 0.3) is 0 Å². The van der Waals surface area contributed by atoms with Gasteiger partial charge in [0.15, 0.2) is 0 Å². The van der Waals surface area contributed by atoms with Gasteiger partial charge in [0.2, 0.25) is 0 Å². The number of thioether (sulfide) groups is 1. The molecule has 8 aromatic rings. The molecule has 0 fully saturated rings. The smallest absolute Gasteiger partial charge is 0.0979 e. The first-order chi connectivity index (χ1) is 25.5. The van der Waals surface area contributed by atoms with E-state index in [1.807, 2.05) is 18.0 Å². The van der Waals surface area contributed by atoms with Gasteiger partial charge in [0.1, 0.15) is 0 Å². The van der Waals surface area contributed by atoms with Crippen molar-refractivity contribution in [3.8, 4) is 44.6 Å². The third kappa shape index (κ3) is 4.33. The molecule has 1 aromatic heterocycles. The molecule has 0 spiro atoms. The summed E-state index contributed by atoms with van der Waals surface area (Å²) in [7, 11) is 0. The SMILES string of the molecule is CC1(C)c2cc(-c3ccc(-c4cccc5c4SC4CC=CC=C54)cc3)ccc2-c2ccc(-c3cnc4c5ccccc5c5ccccc5c4n3)cc21. The van der Waals surface area contributed by atoms with E-state index in [1.54, 1.807) is 0 Å². The minimum atomic E-state index is -0.161. The maximum atomic E-state index is 5.30. The van der Waals surface area contributed by atoms with Crippen LogP contribution in [0.2, 0.25) is 0 Å². The van der Waals surface area contributed by atoms with Crippen molar-refractivity contribution in [2.24, 2.45) is 0 Å². The normalized spacial score (nSPS) is 16.5. The molecular weight excluding hydrogens is 649 g/mol. The summed E-state index contributed by atoms with van der Waals surface area (Å²) < 4.78 is 0. The summed E-state index contributed by atoms with van der Waals surface area (Å²) >= 11 is 2.02. The second-order valence-corrected chi connectivity index (χ2v) is 16.1. The maximum absolute atomic E-state index is 5.30. The van der Waals surface area contributed by atoms with Crippen molar-refractivity contribution >= 4 is 49.9 Å². The molecule has 0 N–H and O–H groups in total. The van der Waals surface area contributed by atoms with Gasteiger partial charge in [-0.15, -0.1) is 11.8 Å². The van der Waals surface area contributed by atoms with E-state index >= 15 is 0 Å². The fourth-order valence-electron chi connectivity index (χ4n) is 8.92. The van der Waals surface area contributed by atoms with Gasteiger partial charge < -0.3 is 0 Å². The van der Waals surface area contributed by atoms with E-state index in [4.69, 9.17) is 9.97 Å². The zero-order valence-electron chi connectivity index (χ0n) is 29.0. The Morgan fingerprint density at radius 2 is 1.19 bits per heavy atom. The Bertz CT molecular complexity index is 2840. The Morgan fingerprint density at radius 3 is 1.94 bits per heavy atom. The van der Waals surface area contributed by atoms with E-state index in [1.165, 1.54) is 71.3 Å². The lowest BCUT2D eigenvalue weighted by Crippen LogP contribution is -2.15. The van der Waals surface area contributed by atoms with Crippen LogP contribution in [-0.4, -0.2) is 15.2 Å². The average Bonchev–Trinajstić information content (AvgIpc) is 3.69. The third-order valence-electron chi connectivity index (χ3n) is 11.6. The highest BCUT2D eigenvalue weighted by molar-refractivity contribution is 8.01. The van der Waals surface area contributed by atoms with Crippen LogP contribution in [-0.2, 0) is 5.41 Å². The number of hydrogen-bond donors (Lipinski definition) is 0. The van der Waals surface area contributed by atoms with Gasteiger partial charge >= 0.3 is 0 Å². The van der Waals surface area contributed by atoms with Crippen molar-refractivity contribution in [3.05, 3.63) is 169 Å². The first-order valence-corrected chi connectivity index (χ1v) is 19.0. The summed E-state index contributed by atoms with van der Waals surface area (Å²) in [6.07, 6.45) is 9.86. The van der Waals surface area contributed by atoms with E-state index in [9.17, 15) is 0 Å². The number of aromatic nitrogens is 2. The zero-order valence-corrected chi connectivity index (χ0v) is 29.8. The van der Waals surface area contributed by atoms with Gasteiger partial charge in [-0.3, -0.25) is 4.98 Å². The summed E-state index contributed by atoms with van der Waals surface area (Å²) in [4.78, 5) is 11.8. The van der Waals surface area contributed by atoms with E-state index in [0.717, 1.165) is 39.5 Å². The summed E-state index contributed by atoms with van der Waals surface area (Å²) in [5.41, 5.74) is 17.0. The minimum absolute atomic E-state index is 0.161. The number of allylic oxidation sites excluding steroid dienone is 3. The molecule has 0 radical (unpaired) electrons. The van der Waals surface area contributed by atoms with Crippen LogP contribution in [0.4, 0.5) is 0 Å².